The largest absolute Gasteiger partial charge is 0.395 e. The quantitative estimate of drug-likeness (QED) is 0.766. The van der Waals surface area contributed by atoms with Gasteiger partial charge in [0.15, 0.2) is 0 Å². The fourth-order valence-electron chi connectivity index (χ4n) is 3.48. The van der Waals surface area contributed by atoms with Crippen molar-refractivity contribution in [2.24, 2.45) is 5.92 Å². The topological polar surface area (TPSA) is 26.7 Å². The lowest BCUT2D eigenvalue weighted by atomic mass is 10.1. The first-order chi connectivity index (χ1) is 7.70. The van der Waals surface area contributed by atoms with E-state index in [2.05, 4.69) is 23.8 Å². The molecular weight excluding hydrogens is 200 g/mol. The average Bonchev–Trinajstić information content (AvgIpc) is 2.71. The molecule has 0 spiro atoms. The van der Waals surface area contributed by atoms with Crippen molar-refractivity contribution in [3.8, 4) is 0 Å². The maximum atomic E-state index is 9.58. The highest BCUT2D eigenvalue weighted by atomic mass is 16.3. The van der Waals surface area contributed by atoms with Crippen LogP contribution in [0.1, 0.15) is 32.6 Å². The molecule has 2 atom stereocenters. The molecule has 1 N–H and O–H groups in total. The predicted molar refractivity (Wildman–Crippen MR) is 66.5 cm³/mol. The van der Waals surface area contributed by atoms with Crippen molar-refractivity contribution in [1.82, 2.24) is 9.80 Å². The van der Waals surface area contributed by atoms with Gasteiger partial charge < -0.3 is 10.0 Å². The summed E-state index contributed by atoms with van der Waals surface area (Å²) in [7, 11) is 2.18. The van der Waals surface area contributed by atoms with E-state index in [1.54, 1.807) is 0 Å². The Morgan fingerprint density at radius 1 is 1.12 bits per heavy atom. The number of aliphatic hydroxyl groups excluding tert-OH is 1. The third-order valence-corrected chi connectivity index (χ3v) is 4.14. The Kier molecular flexibility index (Phi) is 4.22. The van der Waals surface area contributed by atoms with E-state index in [1.807, 2.05) is 0 Å². The van der Waals surface area contributed by atoms with Gasteiger partial charge in [0.1, 0.15) is 0 Å². The van der Waals surface area contributed by atoms with Crippen molar-refractivity contribution in [3.05, 3.63) is 0 Å². The van der Waals surface area contributed by atoms with E-state index in [1.165, 1.54) is 38.8 Å². The lowest BCUT2D eigenvalue weighted by Gasteiger charge is -2.35. The molecule has 3 nitrogen and oxygen atoms in total. The molecule has 2 aliphatic rings. The zero-order chi connectivity index (χ0) is 11.5. The molecule has 0 bridgehead atoms. The van der Waals surface area contributed by atoms with Gasteiger partial charge in [0.05, 0.1) is 6.61 Å². The van der Waals surface area contributed by atoms with Crippen LogP contribution in [0.3, 0.4) is 0 Å². The van der Waals surface area contributed by atoms with Gasteiger partial charge in [-0.05, 0) is 25.8 Å². The lowest BCUT2D eigenvalue weighted by molar-refractivity contribution is 0.0778. The van der Waals surface area contributed by atoms with Gasteiger partial charge in [0.2, 0.25) is 0 Å². The van der Waals surface area contributed by atoms with Crippen LogP contribution in [-0.2, 0) is 0 Å². The average molecular weight is 226 g/mol. The van der Waals surface area contributed by atoms with Crippen LogP contribution in [0.5, 0.6) is 0 Å². The summed E-state index contributed by atoms with van der Waals surface area (Å²) in [6, 6.07) is 1.10. The minimum absolute atomic E-state index is 0.313. The Hall–Kier alpha value is -0.120. The van der Waals surface area contributed by atoms with Gasteiger partial charge in [-0.2, -0.15) is 0 Å². The van der Waals surface area contributed by atoms with Crippen LogP contribution in [0.4, 0.5) is 0 Å². The third-order valence-electron chi connectivity index (χ3n) is 4.14. The van der Waals surface area contributed by atoms with Crippen molar-refractivity contribution in [2.45, 2.75) is 44.7 Å². The minimum Gasteiger partial charge on any atom is -0.395 e. The van der Waals surface area contributed by atoms with Crippen LogP contribution < -0.4 is 0 Å². The number of rotatable bonds is 2. The third kappa shape index (κ3) is 2.76. The summed E-state index contributed by atoms with van der Waals surface area (Å²) in [6.45, 7) is 6.00. The van der Waals surface area contributed by atoms with Gasteiger partial charge in [-0.25, -0.2) is 0 Å². The monoisotopic (exact) mass is 226 g/mol. The normalized spacial score (nSPS) is 35.4. The van der Waals surface area contributed by atoms with Gasteiger partial charge >= 0.3 is 0 Å². The standard InChI is InChI=1S/C13H26N2O/c1-11-7-14(2)9-13(10-16)15(8-11)12-5-3-4-6-12/h11-13,16H,3-10H2,1-2H3. The minimum atomic E-state index is 0.313. The van der Waals surface area contributed by atoms with E-state index in [0.29, 0.717) is 12.6 Å². The molecule has 1 saturated carbocycles. The van der Waals surface area contributed by atoms with Crippen molar-refractivity contribution in [3.63, 3.8) is 0 Å². The summed E-state index contributed by atoms with van der Waals surface area (Å²) >= 11 is 0. The molecule has 94 valence electrons. The Morgan fingerprint density at radius 2 is 1.81 bits per heavy atom. The second kappa shape index (κ2) is 5.48. The molecule has 0 aromatic heterocycles. The van der Waals surface area contributed by atoms with Crippen molar-refractivity contribution < 1.29 is 5.11 Å². The van der Waals surface area contributed by atoms with E-state index < -0.39 is 0 Å². The predicted octanol–water partition coefficient (Wildman–Crippen LogP) is 1.17. The summed E-state index contributed by atoms with van der Waals surface area (Å²) in [6.07, 6.45) is 5.44. The Bertz CT molecular complexity index is 216. The van der Waals surface area contributed by atoms with Crippen LogP contribution >= 0.6 is 0 Å². The highest BCUT2D eigenvalue weighted by Gasteiger charge is 2.32. The molecule has 1 heterocycles. The van der Waals surface area contributed by atoms with Crippen LogP contribution in [0.25, 0.3) is 0 Å². The maximum absolute atomic E-state index is 9.58. The number of aliphatic hydroxyl groups is 1. The Balaban J connectivity index is 2.05. The molecule has 0 aromatic carbocycles. The number of likely N-dealkylation sites (N-methyl/N-ethyl adjacent to an activating group) is 1. The van der Waals surface area contributed by atoms with Gasteiger partial charge in [0, 0.05) is 31.7 Å². The molecule has 2 unspecified atom stereocenters. The second-order valence-corrected chi connectivity index (χ2v) is 5.80. The Morgan fingerprint density at radius 3 is 2.44 bits per heavy atom. The van der Waals surface area contributed by atoms with E-state index in [4.69, 9.17) is 0 Å². The first-order valence-corrected chi connectivity index (χ1v) is 6.76. The van der Waals surface area contributed by atoms with Crippen molar-refractivity contribution >= 4 is 0 Å². The number of hydrogen-bond acceptors (Lipinski definition) is 3. The molecule has 0 amide bonds. The number of nitrogens with zero attached hydrogens (tertiary/aromatic N) is 2. The fourth-order valence-corrected chi connectivity index (χ4v) is 3.48. The second-order valence-electron chi connectivity index (χ2n) is 5.80. The molecular formula is C13H26N2O. The molecule has 1 saturated heterocycles. The van der Waals surface area contributed by atoms with Crippen LogP contribution in [0, 0.1) is 5.92 Å². The summed E-state index contributed by atoms with van der Waals surface area (Å²) in [5.41, 5.74) is 0. The molecule has 1 aliphatic carbocycles. The first-order valence-electron chi connectivity index (χ1n) is 6.76. The molecule has 0 radical (unpaired) electrons. The molecule has 2 rings (SSSR count). The van der Waals surface area contributed by atoms with E-state index >= 15 is 0 Å². The highest BCUT2D eigenvalue weighted by molar-refractivity contribution is 4.87. The smallest absolute Gasteiger partial charge is 0.0599 e. The SMILES string of the molecule is CC1CN(C)CC(CO)N(C2CCCC2)C1. The van der Waals surface area contributed by atoms with Crippen molar-refractivity contribution in [1.29, 1.82) is 0 Å². The summed E-state index contributed by atoms with van der Waals surface area (Å²) in [4.78, 5) is 4.97. The zero-order valence-electron chi connectivity index (χ0n) is 10.7. The van der Waals surface area contributed by atoms with Gasteiger partial charge in [-0.1, -0.05) is 19.8 Å². The maximum Gasteiger partial charge on any atom is 0.0599 e. The molecule has 0 aromatic rings. The first kappa shape index (κ1) is 12.3. The van der Waals surface area contributed by atoms with E-state index in [9.17, 15) is 5.11 Å². The molecule has 2 fully saturated rings. The van der Waals surface area contributed by atoms with Gasteiger partial charge in [0.25, 0.3) is 0 Å². The number of hydrogen-bond donors (Lipinski definition) is 1. The highest BCUT2D eigenvalue weighted by Crippen LogP contribution is 2.27. The van der Waals surface area contributed by atoms with Crippen LogP contribution in [-0.4, -0.2) is 60.3 Å². The molecule has 3 heteroatoms. The fraction of sp³-hybridized carbons (Fsp3) is 1.00. The summed E-state index contributed by atoms with van der Waals surface area (Å²) in [5, 5.41) is 9.58. The van der Waals surface area contributed by atoms with Crippen LogP contribution in [0.2, 0.25) is 0 Å². The molecule has 1 aliphatic heterocycles. The van der Waals surface area contributed by atoms with E-state index in [0.717, 1.165) is 18.5 Å². The van der Waals surface area contributed by atoms with Crippen molar-refractivity contribution in [2.75, 3.05) is 33.3 Å². The molecule has 16 heavy (non-hydrogen) atoms. The summed E-state index contributed by atoms with van der Waals surface area (Å²) in [5.74, 6) is 0.724. The lowest BCUT2D eigenvalue weighted by Crippen LogP contribution is -2.47. The zero-order valence-corrected chi connectivity index (χ0v) is 10.7. The van der Waals surface area contributed by atoms with Crippen LogP contribution in [0.15, 0.2) is 0 Å². The van der Waals surface area contributed by atoms with Gasteiger partial charge in [-0.15, -0.1) is 0 Å². The van der Waals surface area contributed by atoms with Gasteiger partial charge in [-0.3, -0.25) is 4.90 Å². The van der Waals surface area contributed by atoms with E-state index in [-0.39, 0.29) is 0 Å². The Labute approximate surface area is 99.4 Å². The summed E-state index contributed by atoms with van der Waals surface area (Å²) < 4.78 is 0.